The van der Waals surface area contributed by atoms with Crippen LogP contribution < -0.4 is 5.43 Å². The van der Waals surface area contributed by atoms with Crippen LogP contribution in [-0.4, -0.2) is 17.9 Å². The van der Waals surface area contributed by atoms with E-state index in [0.29, 0.717) is 36.3 Å². The number of benzene rings is 1. The maximum Gasteiger partial charge on any atom is 0.240 e. The molecule has 0 atom stereocenters. The van der Waals surface area contributed by atoms with Crippen LogP contribution in [0.5, 0.6) is 0 Å². The number of hydrogen-bond donors (Lipinski definition) is 1. The van der Waals surface area contributed by atoms with Gasteiger partial charge in [-0.05, 0) is 24.1 Å². The van der Waals surface area contributed by atoms with E-state index in [2.05, 4.69) is 22.4 Å². The van der Waals surface area contributed by atoms with E-state index in [0.717, 1.165) is 17.6 Å². The largest absolute Gasteiger partial charge is 0.298 e. The minimum absolute atomic E-state index is 0.0569. The summed E-state index contributed by atoms with van der Waals surface area (Å²) in [5.41, 5.74) is 4.74. The van der Waals surface area contributed by atoms with Crippen LogP contribution in [0, 0.1) is 11.8 Å². The number of carbonyl (C=O) groups is 2. The van der Waals surface area contributed by atoms with E-state index in [1.807, 2.05) is 0 Å². The molecule has 1 aliphatic rings. The van der Waals surface area contributed by atoms with Crippen LogP contribution >= 0.6 is 11.6 Å². The Kier molecular flexibility index (Phi) is 4.91. The molecule has 0 fully saturated rings. The first-order valence-corrected chi connectivity index (χ1v) is 6.60. The topological polar surface area (TPSA) is 58.5 Å². The van der Waals surface area contributed by atoms with E-state index in [4.69, 9.17) is 11.6 Å². The second kappa shape index (κ2) is 6.88. The molecule has 5 heteroatoms. The zero-order valence-corrected chi connectivity index (χ0v) is 11.5. The molecule has 0 spiro atoms. The van der Waals surface area contributed by atoms with Gasteiger partial charge in [-0.1, -0.05) is 29.5 Å². The molecule has 1 aliphatic heterocycles. The third-order valence-electron chi connectivity index (χ3n) is 2.91. The van der Waals surface area contributed by atoms with Crippen LogP contribution in [-0.2, 0) is 11.2 Å². The molecule has 4 nitrogen and oxygen atoms in total. The summed E-state index contributed by atoms with van der Waals surface area (Å²) in [7, 11) is 0. The minimum Gasteiger partial charge on any atom is -0.298 e. The Balaban J connectivity index is 1.95. The van der Waals surface area contributed by atoms with Crippen LogP contribution in [0.15, 0.2) is 23.3 Å². The second-order valence-corrected chi connectivity index (χ2v) is 4.82. The van der Waals surface area contributed by atoms with Crippen molar-refractivity contribution in [2.45, 2.75) is 25.7 Å². The van der Waals surface area contributed by atoms with Crippen molar-refractivity contribution in [3.8, 4) is 11.8 Å². The van der Waals surface area contributed by atoms with Crippen LogP contribution in [0.4, 0.5) is 0 Å². The van der Waals surface area contributed by atoms with E-state index in [-0.39, 0.29) is 5.91 Å². The number of hydrogen-bond acceptors (Lipinski definition) is 3. The summed E-state index contributed by atoms with van der Waals surface area (Å²) in [6, 6.07) is 5.18. The van der Waals surface area contributed by atoms with Crippen molar-refractivity contribution in [1.82, 2.24) is 5.43 Å². The lowest BCUT2D eigenvalue weighted by Gasteiger charge is -2.08. The molecule has 0 aromatic heterocycles. The molecule has 20 heavy (non-hydrogen) atoms. The summed E-state index contributed by atoms with van der Waals surface area (Å²) < 4.78 is 0. The number of nitrogens with one attached hydrogen (secondary N) is 1. The monoisotopic (exact) mass is 288 g/mol. The van der Waals surface area contributed by atoms with E-state index < -0.39 is 0 Å². The summed E-state index contributed by atoms with van der Waals surface area (Å²) >= 11 is 5.83. The van der Waals surface area contributed by atoms with Gasteiger partial charge in [0.15, 0.2) is 0 Å². The molecule has 0 aliphatic carbocycles. The van der Waals surface area contributed by atoms with Crippen molar-refractivity contribution >= 4 is 29.5 Å². The molecule has 0 radical (unpaired) electrons. The molecule has 0 saturated heterocycles. The Morgan fingerprint density at radius 1 is 1.30 bits per heavy atom. The van der Waals surface area contributed by atoms with Crippen LogP contribution in [0.25, 0.3) is 0 Å². The van der Waals surface area contributed by atoms with Gasteiger partial charge in [-0.3, -0.25) is 9.59 Å². The van der Waals surface area contributed by atoms with Gasteiger partial charge >= 0.3 is 0 Å². The lowest BCUT2D eigenvalue weighted by molar-refractivity contribution is -0.121. The van der Waals surface area contributed by atoms with E-state index >= 15 is 0 Å². The van der Waals surface area contributed by atoms with Crippen molar-refractivity contribution in [2.24, 2.45) is 5.10 Å². The average Bonchev–Trinajstić information content (AvgIpc) is 2.46. The van der Waals surface area contributed by atoms with Gasteiger partial charge in [-0.15, -0.1) is 0 Å². The standard InChI is InChI=1S/C15H13ClN2O2/c16-13-6-5-11(12(9-13)10-19)3-1-2-4-14-7-8-15(20)18-17-14/h5-6,9-10H,3-4,7-8H2,(H,18,20). The molecule has 1 aromatic rings. The zero-order valence-electron chi connectivity index (χ0n) is 10.8. The third-order valence-corrected chi connectivity index (χ3v) is 3.15. The van der Waals surface area contributed by atoms with Gasteiger partial charge in [0, 0.05) is 29.8 Å². The quantitative estimate of drug-likeness (QED) is 0.685. The van der Waals surface area contributed by atoms with Crippen molar-refractivity contribution in [1.29, 1.82) is 0 Å². The smallest absolute Gasteiger partial charge is 0.240 e. The summed E-state index contributed by atoms with van der Waals surface area (Å²) in [6.45, 7) is 0. The zero-order chi connectivity index (χ0) is 14.4. The number of hydrazone groups is 1. The van der Waals surface area contributed by atoms with Crippen molar-refractivity contribution in [3.63, 3.8) is 0 Å². The molecule has 1 aromatic carbocycles. The Morgan fingerprint density at radius 3 is 2.80 bits per heavy atom. The molecule has 1 heterocycles. The maximum absolute atomic E-state index is 10.9. The Bertz CT molecular complexity index is 626. The fourth-order valence-corrected chi connectivity index (χ4v) is 1.98. The minimum atomic E-state index is -0.0569. The normalized spacial score (nSPS) is 13.8. The summed E-state index contributed by atoms with van der Waals surface area (Å²) in [5.74, 6) is 5.96. The predicted molar refractivity (Wildman–Crippen MR) is 77.7 cm³/mol. The van der Waals surface area contributed by atoms with Crippen molar-refractivity contribution in [3.05, 3.63) is 34.3 Å². The Morgan fingerprint density at radius 2 is 2.10 bits per heavy atom. The molecule has 0 unspecified atom stereocenters. The van der Waals surface area contributed by atoms with Crippen molar-refractivity contribution < 1.29 is 9.59 Å². The van der Waals surface area contributed by atoms with Gasteiger partial charge in [0.2, 0.25) is 5.91 Å². The lowest BCUT2D eigenvalue weighted by Crippen LogP contribution is -2.25. The van der Waals surface area contributed by atoms with Gasteiger partial charge in [-0.25, -0.2) is 5.43 Å². The molecule has 1 amide bonds. The lowest BCUT2D eigenvalue weighted by atomic mass is 10.1. The van der Waals surface area contributed by atoms with E-state index in [1.54, 1.807) is 18.2 Å². The summed E-state index contributed by atoms with van der Waals surface area (Å²) in [5, 5.41) is 4.48. The van der Waals surface area contributed by atoms with Gasteiger partial charge < -0.3 is 0 Å². The molecule has 0 saturated carbocycles. The van der Waals surface area contributed by atoms with Crippen LogP contribution in [0.2, 0.25) is 5.02 Å². The molecular weight excluding hydrogens is 276 g/mol. The van der Waals surface area contributed by atoms with E-state index in [9.17, 15) is 9.59 Å². The Labute approximate surface area is 122 Å². The first-order chi connectivity index (χ1) is 9.69. The number of amides is 1. The van der Waals surface area contributed by atoms with Gasteiger partial charge in [0.05, 0.1) is 5.71 Å². The number of rotatable bonds is 3. The first-order valence-electron chi connectivity index (χ1n) is 6.22. The van der Waals surface area contributed by atoms with E-state index in [1.165, 1.54) is 0 Å². The highest BCUT2D eigenvalue weighted by Gasteiger charge is 2.09. The number of nitrogens with zero attached hydrogens (tertiary/aromatic N) is 1. The number of halogens is 1. The summed E-state index contributed by atoms with van der Waals surface area (Å²) in [6.07, 6.45) is 2.92. The Hall–Kier alpha value is -2.12. The average molecular weight is 289 g/mol. The molecule has 1 N–H and O–H groups in total. The molecule has 102 valence electrons. The highest BCUT2D eigenvalue weighted by Crippen LogP contribution is 2.14. The number of carbonyl (C=O) groups excluding carboxylic acids is 2. The van der Waals surface area contributed by atoms with Crippen LogP contribution in [0.1, 0.15) is 35.2 Å². The molecule has 0 bridgehead atoms. The third kappa shape index (κ3) is 3.94. The van der Waals surface area contributed by atoms with Crippen LogP contribution in [0.3, 0.4) is 0 Å². The molecular formula is C15H13ClN2O2. The maximum atomic E-state index is 10.9. The summed E-state index contributed by atoms with van der Waals surface area (Å²) in [4.78, 5) is 21.8. The first kappa shape index (κ1) is 14.3. The van der Waals surface area contributed by atoms with Gasteiger partial charge in [0.1, 0.15) is 6.29 Å². The molecule has 2 rings (SSSR count). The van der Waals surface area contributed by atoms with Gasteiger partial charge in [-0.2, -0.15) is 5.10 Å². The SMILES string of the molecule is O=Cc1cc(Cl)ccc1CC#CCC1=NNC(=O)CC1. The second-order valence-electron chi connectivity index (χ2n) is 4.38. The number of aldehydes is 1. The van der Waals surface area contributed by atoms with Crippen molar-refractivity contribution in [2.75, 3.05) is 0 Å². The highest BCUT2D eigenvalue weighted by atomic mass is 35.5. The fourth-order valence-electron chi connectivity index (χ4n) is 1.80. The highest BCUT2D eigenvalue weighted by molar-refractivity contribution is 6.30. The predicted octanol–water partition coefficient (Wildman–Crippen LogP) is 2.35. The van der Waals surface area contributed by atoms with Gasteiger partial charge in [0.25, 0.3) is 0 Å². The fraction of sp³-hybridized carbons (Fsp3) is 0.267.